The lowest BCUT2D eigenvalue weighted by molar-refractivity contribution is -0.126. The van der Waals surface area contributed by atoms with Crippen LogP contribution < -0.4 is 11.1 Å². The largest absolute Gasteiger partial charge is 0.364 e. The van der Waals surface area contributed by atoms with Gasteiger partial charge in [-0.25, -0.2) is 0 Å². The fraction of sp³-hybridized carbons (Fsp3) is 0.588. The van der Waals surface area contributed by atoms with Crippen LogP contribution in [0.1, 0.15) is 44.6 Å². The molecule has 0 spiro atoms. The molecule has 1 amide bonds. The number of unbranched alkanes of at least 4 members (excludes halogenated alkanes) is 2. The zero-order valence-corrected chi connectivity index (χ0v) is 12.8. The van der Waals surface area contributed by atoms with Crippen LogP contribution in [0.15, 0.2) is 24.3 Å². The maximum absolute atomic E-state index is 12.1. The number of aryl methyl sites for hydroxylation is 1. The average molecular weight is 290 g/mol. The Morgan fingerprint density at radius 2 is 2.05 bits per heavy atom. The summed E-state index contributed by atoms with van der Waals surface area (Å²) in [6.45, 7) is 2.69. The number of ether oxygens (including phenoxy) is 1. The van der Waals surface area contributed by atoms with Gasteiger partial charge in [-0.2, -0.15) is 0 Å². The van der Waals surface area contributed by atoms with Crippen LogP contribution in [-0.4, -0.2) is 24.7 Å². The number of amides is 1. The summed E-state index contributed by atoms with van der Waals surface area (Å²) in [5.74, 6) is -0.0651. The molecule has 116 valence electrons. The summed E-state index contributed by atoms with van der Waals surface area (Å²) in [5, 5.41) is 2.92. The molecule has 2 unspecified atom stereocenters. The average Bonchev–Trinajstić information content (AvgIpc) is 2.98. The summed E-state index contributed by atoms with van der Waals surface area (Å²) in [6.07, 6.45) is 6.11. The molecule has 2 atom stereocenters. The van der Waals surface area contributed by atoms with Crippen LogP contribution in [0.3, 0.4) is 0 Å². The molecule has 1 fully saturated rings. The van der Waals surface area contributed by atoms with Crippen molar-refractivity contribution < 1.29 is 9.53 Å². The second-order valence-electron chi connectivity index (χ2n) is 5.70. The Hall–Kier alpha value is -1.39. The van der Waals surface area contributed by atoms with E-state index < -0.39 is 0 Å². The van der Waals surface area contributed by atoms with Crippen LogP contribution in [0.4, 0.5) is 5.69 Å². The molecule has 0 saturated carbocycles. The topological polar surface area (TPSA) is 64.4 Å². The normalized spacial score (nSPS) is 21.4. The predicted octanol–water partition coefficient (Wildman–Crippen LogP) is 2.86. The molecule has 1 heterocycles. The quantitative estimate of drug-likeness (QED) is 0.759. The zero-order valence-electron chi connectivity index (χ0n) is 12.8. The summed E-state index contributed by atoms with van der Waals surface area (Å²) < 4.78 is 5.60. The van der Waals surface area contributed by atoms with Crippen LogP contribution in [0.2, 0.25) is 0 Å². The van der Waals surface area contributed by atoms with Crippen LogP contribution in [0.5, 0.6) is 0 Å². The molecule has 1 saturated heterocycles. The lowest BCUT2D eigenvalue weighted by Crippen LogP contribution is -2.29. The van der Waals surface area contributed by atoms with Crippen LogP contribution >= 0.6 is 0 Å². The van der Waals surface area contributed by atoms with Crippen molar-refractivity contribution in [1.29, 1.82) is 0 Å². The third-order valence-corrected chi connectivity index (χ3v) is 3.95. The molecular weight excluding hydrogens is 264 g/mol. The van der Waals surface area contributed by atoms with Crippen molar-refractivity contribution in [2.75, 3.05) is 11.9 Å². The lowest BCUT2D eigenvalue weighted by Gasteiger charge is -2.13. The van der Waals surface area contributed by atoms with Crippen LogP contribution in [0.25, 0.3) is 0 Å². The van der Waals surface area contributed by atoms with Gasteiger partial charge in [0.2, 0.25) is 0 Å². The number of carbonyl (C=O) groups is 1. The summed E-state index contributed by atoms with van der Waals surface area (Å²) in [7, 11) is 0. The Morgan fingerprint density at radius 3 is 2.67 bits per heavy atom. The standard InChI is InChI=1S/C17H26N2O2/c1-2-3-4-5-13-6-8-14(9-7-13)19-17(20)16-11-10-15(12-18)21-16/h6-9,15-16H,2-5,10-12,18H2,1H3,(H,19,20). The van der Waals surface area contributed by atoms with E-state index in [9.17, 15) is 4.79 Å². The number of nitrogens with two attached hydrogens (primary N) is 1. The van der Waals surface area contributed by atoms with Crippen molar-refractivity contribution in [3.8, 4) is 0 Å². The summed E-state index contributed by atoms with van der Waals surface area (Å²) >= 11 is 0. The highest BCUT2D eigenvalue weighted by Gasteiger charge is 2.29. The predicted molar refractivity (Wildman–Crippen MR) is 85.3 cm³/mol. The Morgan fingerprint density at radius 1 is 1.29 bits per heavy atom. The van der Waals surface area contributed by atoms with E-state index in [0.29, 0.717) is 6.54 Å². The number of nitrogens with one attached hydrogen (secondary N) is 1. The van der Waals surface area contributed by atoms with Gasteiger partial charge in [0.25, 0.3) is 5.91 Å². The molecule has 2 rings (SSSR count). The SMILES string of the molecule is CCCCCc1ccc(NC(=O)C2CCC(CN)O2)cc1. The van der Waals surface area contributed by atoms with E-state index in [4.69, 9.17) is 10.5 Å². The Kier molecular flexibility index (Phi) is 6.21. The summed E-state index contributed by atoms with van der Waals surface area (Å²) in [6, 6.07) is 8.11. The maximum atomic E-state index is 12.1. The Balaban J connectivity index is 1.81. The fourth-order valence-electron chi connectivity index (χ4n) is 2.63. The molecule has 0 aliphatic carbocycles. The lowest BCUT2D eigenvalue weighted by atomic mass is 10.1. The molecular formula is C17H26N2O2. The monoisotopic (exact) mass is 290 g/mol. The molecule has 21 heavy (non-hydrogen) atoms. The first-order valence-corrected chi connectivity index (χ1v) is 7.98. The third-order valence-electron chi connectivity index (χ3n) is 3.95. The minimum absolute atomic E-state index is 0.0293. The van der Waals surface area contributed by atoms with Gasteiger partial charge < -0.3 is 15.8 Å². The van der Waals surface area contributed by atoms with Crippen molar-refractivity contribution in [2.24, 2.45) is 5.73 Å². The maximum Gasteiger partial charge on any atom is 0.253 e. The highest BCUT2D eigenvalue weighted by atomic mass is 16.5. The van der Waals surface area contributed by atoms with E-state index in [1.54, 1.807) is 0 Å². The number of carbonyl (C=O) groups excluding carboxylic acids is 1. The Bertz CT molecular complexity index is 445. The summed E-state index contributed by atoms with van der Waals surface area (Å²) in [5.41, 5.74) is 7.71. The second kappa shape index (κ2) is 8.15. The van der Waals surface area contributed by atoms with E-state index >= 15 is 0 Å². The zero-order chi connectivity index (χ0) is 15.1. The van der Waals surface area contributed by atoms with Gasteiger partial charge in [0, 0.05) is 12.2 Å². The van der Waals surface area contributed by atoms with Crippen molar-refractivity contribution in [3.63, 3.8) is 0 Å². The van der Waals surface area contributed by atoms with Gasteiger partial charge >= 0.3 is 0 Å². The first kappa shape index (κ1) is 16.0. The van der Waals surface area contributed by atoms with E-state index in [0.717, 1.165) is 24.9 Å². The minimum Gasteiger partial charge on any atom is -0.364 e. The number of hydrogen-bond donors (Lipinski definition) is 2. The van der Waals surface area contributed by atoms with Gasteiger partial charge in [-0.15, -0.1) is 0 Å². The van der Waals surface area contributed by atoms with E-state index in [1.165, 1.54) is 24.8 Å². The molecule has 3 N–H and O–H groups in total. The molecule has 4 nitrogen and oxygen atoms in total. The van der Waals surface area contributed by atoms with E-state index in [-0.39, 0.29) is 18.1 Å². The first-order chi connectivity index (χ1) is 10.2. The van der Waals surface area contributed by atoms with E-state index in [1.807, 2.05) is 12.1 Å². The van der Waals surface area contributed by atoms with Crippen LogP contribution in [-0.2, 0) is 16.0 Å². The molecule has 4 heteroatoms. The number of anilines is 1. The second-order valence-corrected chi connectivity index (χ2v) is 5.70. The summed E-state index contributed by atoms with van der Waals surface area (Å²) in [4.78, 5) is 12.1. The van der Waals surface area contributed by atoms with Crippen molar-refractivity contribution >= 4 is 11.6 Å². The van der Waals surface area contributed by atoms with Crippen LogP contribution in [0, 0.1) is 0 Å². The highest BCUT2D eigenvalue weighted by molar-refractivity contribution is 5.94. The van der Waals surface area contributed by atoms with Gasteiger partial charge in [-0.3, -0.25) is 4.79 Å². The van der Waals surface area contributed by atoms with Gasteiger partial charge in [0.05, 0.1) is 6.10 Å². The van der Waals surface area contributed by atoms with Gasteiger partial charge in [0.1, 0.15) is 6.10 Å². The first-order valence-electron chi connectivity index (χ1n) is 7.98. The van der Waals surface area contributed by atoms with Crippen molar-refractivity contribution in [1.82, 2.24) is 0 Å². The number of rotatable bonds is 7. The number of hydrogen-bond acceptors (Lipinski definition) is 3. The molecule has 1 aliphatic heterocycles. The molecule has 0 radical (unpaired) electrons. The van der Waals surface area contributed by atoms with Crippen molar-refractivity contribution in [2.45, 2.75) is 57.7 Å². The fourth-order valence-corrected chi connectivity index (χ4v) is 2.63. The minimum atomic E-state index is -0.359. The van der Waals surface area contributed by atoms with Crippen molar-refractivity contribution in [3.05, 3.63) is 29.8 Å². The molecule has 0 aromatic heterocycles. The van der Waals surface area contributed by atoms with Gasteiger partial charge in [0.15, 0.2) is 0 Å². The molecule has 0 bridgehead atoms. The molecule has 1 aromatic rings. The van der Waals surface area contributed by atoms with Gasteiger partial charge in [-0.1, -0.05) is 31.9 Å². The molecule has 1 aromatic carbocycles. The number of benzene rings is 1. The Labute approximate surface area is 127 Å². The third kappa shape index (κ3) is 4.83. The van der Waals surface area contributed by atoms with Gasteiger partial charge in [-0.05, 0) is 43.4 Å². The molecule has 1 aliphatic rings. The highest BCUT2D eigenvalue weighted by Crippen LogP contribution is 2.20. The van der Waals surface area contributed by atoms with E-state index in [2.05, 4.69) is 24.4 Å². The smallest absolute Gasteiger partial charge is 0.253 e.